The normalized spacial score (nSPS) is 9.94. The fraction of sp³-hybridized carbons (Fsp3) is 0.333. The first kappa shape index (κ1) is 12.2. The number of ether oxygens (including phenoxy) is 1. The van der Waals surface area contributed by atoms with Gasteiger partial charge in [0.2, 0.25) is 0 Å². The van der Waals surface area contributed by atoms with Crippen molar-refractivity contribution in [3.8, 4) is 5.75 Å². The van der Waals surface area contributed by atoms with Crippen molar-refractivity contribution >= 4 is 11.8 Å². The minimum Gasteiger partial charge on any atom is -0.481 e. The molecule has 0 radical (unpaired) electrons. The van der Waals surface area contributed by atoms with E-state index < -0.39 is 5.97 Å². The van der Waals surface area contributed by atoms with E-state index in [-0.39, 0.29) is 12.4 Å². The van der Waals surface area contributed by atoms with E-state index in [1.54, 1.807) is 26.0 Å². The summed E-state index contributed by atoms with van der Waals surface area (Å²) in [5.41, 5.74) is 2.15. The van der Waals surface area contributed by atoms with Gasteiger partial charge in [-0.1, -0.05) is 0 Å². The summed E-state index contributed by atoms with van der Waals surface area (Å²) >= 11 is 0. The highest BCUT2D eigenvalue weighted by Crippen LogP contribution is 2.24. The summed E-state index contributed by atoms with van der Waals surface area (Å²) in [5.74, 6) is -0.502. The maximum atomic E-state index is 11.2. The number of hydrogen-bond donors (Lipinski definition) is 1. The number of carboxylic acids is 1. The number of Topliss-reactive ketones (excluding diaryl/α,β-unsaturated/α-hetero) is 1. The molecule has 0 spiro atoms. The van der Waals surface area contributed by atoms with Gasteiger partial charge in [-0.2, -0.15) is 0 Å². The van der Waals surface area contributed by atoms with E-state index in [0.717, 1.165) is 11.1 Å². The van der Waals surface area contributed by atoms with Crippen LogP contribution in [0.5, 0.6) is 5.75 Å². The van der Waals surface area contributed by atoms with Crippen LogP contribution in [0.1, 0.15) is 28.4 Å². The van der Waals surface area contributed by atoms with Crippen molar-refractivity contribution in [1.29, 1.82) is 0 Å². The van der Waals surface area contributed by atoms with Crippen LogP contribution >= 0.6 is 0 Å². The van der Waals surface area contributed by atoms with Gasteiger partial charge in [0.05, 0.1) is 0 Å². The fourth-order valence-corrected chi connectivity index (χ4v) is 1.52. The Kier molecular flexibility index (Phi) is 3.66. The molecule has 0 saturated heterocycles. The van der Waals surface area contributed by atoms with Crippen molar-refractivity contribution in [1.82, 2.24) is 0 Å². The zero-order valence-corrected chi connectivity index (χ0v) is 9.53. The highest BCUT2D eigenvalue weighted by molar-refractivity contribution is 5.94. The lowest BCUT2D eigenvalue weighted by atomic mass is 10.0. The second-order valence-corrected chi connectivity index (χ2v) is 3.68. The molecule has 86 valence electrons. The Bertz CT molecular complexity index is 412. The predicted octanol–water partition coefficient (Wildman–Crippen LogP) is 1.97. The fourth-order valence-electron chi connectivity index (χ4n) is 1.52. The van der Waals surface area contributed by atoms with Crippen LogP contribution in [0.4, 0.5) is 0 Å². The van der Waals surface area contributed by atoms with Crippen molar-refractivity contribution < 1.29 is 19.4 Å². The second-order valence-electron chi connectivity index (χ2n) is 3.68. The van der Waals surface area contributed by atoms with Gasteiger partial charge in [0.15, 0.2) is 12.4 Å². The van der Waals surface area contributed by atoms with Gasteiger partial charge < -0.3 is 9.84 Å². The predicted molar refractivity (Wildman–Crippen MR) is 59.1 cm³/mol. The first-order valence-electron chi connectivity index (χ1n) is 4.88. The summed E-state index contributed by atoms with van der Waals surface area (Å²) < 4.78 is 5.15. The van der Waals surface area contributed by atoms with Gasteiger partial charge >= 0.3 is 5.97 Å². The minimum absolute atomic E-state index is 0.0176. The first-order chi connectivity index (χ1) is 7.41. The van der Waals surface area contributed by atoms with Crippen LogP contribution in [0.25, 0.3) is 0 Å². The smallest absolute Gasteiger partial charge is 0.341 e. The van der Waals surface area contributed by atoms with Gasteiger partial charge in [-0.05, 0) is 44.0 Å². The topological polar surface area (TPSA) is 63.6 Å². The molecule has 4 nitrogen and oxygen atoms in total. The monoisotopic (exact) mass is 222 g/mol. The molecule has 0 aliphatic rings. The van der Waals surface area contributed by atoms with Crippen molar-refractivity contribution in [3.63, 3.8) is 0 Å². The van der Waals surface area contributed by atoms with Crippen LogP contribution in [0, 0.1) is 13.8 Å². The number of hydrogen-bond acceptors (Lipinski definition) is 3. The molecular weight excluding hydrogens is 208 g/mol. The molecule has 16 heavy (non-hydrogen) atoms. The van der Waals surface area contributed by atoms with Gasteiger partial charge in [0.25, 0.3) is 0 Å². The molecule has 0 unspecified atom stereocenters. The summed E-state index contributed by atoms with van der Waals surface area (Å²) in [5, 5.41) is 8.52. The molecule has 0 aromatic heterocycles. The first-order valence-corrected chi connectivity index (χ1v) is 4.88. The number of carboxylic acid groups (broad SMARTS) is 1. The van der Waals surface area contributed by atoms with Crippen molar-refractivity contribution in [2.75, 3.05) is 6.61 Å². The van der Waals surface area contributed by atoms with Crippen LogP contribution in [-0.2, 0) is 4.79 Å². The molecule has 1 aromatic carbocycles. The van der Waals surface area contributed by atoms with Gasteiger partial charge in [0, 0.05) is 5.56 Å². The summed E-state index contributed by atoms with van der Waals surface area (Å²) in [6, 6.07) is 3.40. The van der Waals surface area contributed by atoms with Crippen LogP contribution < -0.4 is 4.74 Å². The summed E-state index contributed by atoms with van der Waals surface area (Å²) in [4.78, 5) is 21.6. The van der Waals surface area contributed by atoms with Crippen LogP contribution in [-0.4, -0.2) is 23.5 Å². The number of carbonyl (C=O) groups is 2. The molecule has 1 aromatic rings. The number of aliphatic carboxylic acids is 1. The Morgan fingerprint density at radius 1 is 1.25 bits per heavy atom. The molecule has 1 N–H and O–H groups in total. The lowest BCUT2D eigenvalue weighted by Gasteiger charge is -2.11. The lowest BCUT2D eigenvalue weighted by Crippen LogP contribution is -2.11. The maximum Gasteiger partial charge on any atom is 0.341 e. The highest BCUT2D eigenvalue weighted by atomic mass is 16.5. The lowest BCUT2D eigenvalue weighted by molar-refractivity contribution is -0.139. The Morgan fingerprint density at radius 2 is 1.75 bits per heavy atom. The minimum atomic E-state index is -1.02. The van der Waals surface area contributed by atoms with E-state index in [9.17, 15) is 9.59 Å². The standard InChI is InChI=1S/C12H14O4/c1-7-4-10(9(3)13)5-8(2)12(7)16-6-11(14)15/h4-5H,6H2,1-3H3,(H,14,15). The molecule has 0 heterocycles. The Morgan fingerprint density at radius 3 is 2.12 bits per heavy atom. The Hall–Kier alpha value is -1.84. The molecule has 0 bridgehead atoms. The molecule has 0 saturated carbocycles. The molecule has 0 fully saturated rings. The number of aryl methyl sites for hydroxylation is 2. The Balaban J connectivity index is 3.03. The molecule has 0 amide bonds. The van der Waals surface area contributed by atoms with E-state index in [2.05, 4.69) is 0 Å². The summed E-state index contributed by atoms with van der Waals surface area (Å²) in [6.45, 7) is 4.69. The largest absolute Gasteiger partial charge is 0.481 e. The van der Waals surface area contributed by atoms with Crippen molar-refractivity contribution in [2.24, 2.45) is 0 Å². The van der Waals surface area contributed by atoms with E-state index >= 15 is 0 Å². The van der Waals surface area contributed by atoms with Gasteiger partial charge in [-0.15, -0.1) is 0 Å². The maximum absolute atomic E-state index is 11.2. The SMILES string of the molecule is CC(=O)c1cc(C)c(OCC(=O)O)c(C)c1. The molecule has 0 aliphatic carbocycles. The number of ketones is 1. The van der Waals surface area contributed by atoms with Crippen LogP contribution in [0.15, 0.2) is 12.1 Å². The van der Waals surface area contributed by atoms with Gasteiger partial charge in [-0.3, -0.25) is 4.79 Å². The Labute approximate surface area is 93.9 Å². The third kappa shape index (κ3) is 2.82. The van der Waals surface area contributed by atoms with Crippen molar-refractivity contribution in [3.05, 3.63) is 28.8 Å². The zero-order chi connectivity index (χ0) is 12.3. The van der Waals surface area contributed by atoms with E-state index in [1.165, 1.54) is 6.92 Å². The quantitative estimate of drug-likeness (QED) is 0.791. The third-order valence-electron chi connectivity index (χ3n) is 2.21. The average molecular weight is 222 g/mol. The number of benzene rings is 1. The molecular formula is C12H14O4. The van der Waals surface area contributed by atoms with Crippen LogP contribution in [0.2, 0.25) is 0 Å². The second kappa shape index (κ2) is 4.79. The third-order valence-corrected chi connectivity index (χ3v) is 2.21. The van der Waals surface area contributed by atoms with E-state index in [0.29, 0.717) is 11.3 Å². The molecule has 0 aliphatic heterocycles. The van der Waals surface area contributed by atoms with Crippen molar-refractivity contribution in [2.45, 2.75) is 20.8 Å². The van der Waals surface area contributed by atoms with E-state index in [4.69, 9.17) is 9.84 Å². The van der Waals surface area contributed by atoms with Gasteiger partial charge in [0.1, 0.15) is 5.75 Å². The number of carbonyl (C=O) groups excluding carboxylic acids is 1. The van der Waals surface area contributed by atoms with Crippen LogP contribution in [0.3, 0.4) is 0 Å². The molecule has 0 atom stereocenters. The highest BCUT2D eigenvalue weighted by Gasteiger charge is 2.10. The zero-order valence-electron chi connectivity index (χ0n) is 9.53. The van der Waals surface area contributed by atoms with E-state index in [1.807, 2.05) is 0 Å². The van der Waals surface area contributed by atoms with Gasteiger partial charge in [-0.25, -0.2) is 4.79 Å². The summed E-state index contributed by atoms with van der Waals surface area (Å²) in [6.07, 6.45) is 0. The molecule has 1 rings (SSSR count). The average Bonchev–Trinajstić information content (AvgIpc) is 2.15. The summed E-state index contributed by atoms with van der Waals surface area (Å²) in [7, 11) is 0. The molecule has 4 heteroatoms. The number of rotatable bonds is 4.